The van der Waals surface area contributed by atoms with Gasteiger partial charge in [-0.3, -0.25) is 0 Å². The lowest BCUT2D eigenvalue weighted by atomic mass is 10.4. The van der Waals surface area contributed by atoms with Crippen LogP contribution in [0.2, 0.25) is 0 Å². The van der Waals surface area contributed by atoms with Crippen molar-refractivity contribution in [2.24, 2.45) is 27.5 Å². The summed E-state index contributed by atoms with van der Waals surface area (Å²) >= 11 is 0. The molecule has 0 radical (unpaired) electrons. The summed E-state index contributed by atoms with van der Waals surface area (Å²) in [5.74, 6) is 0.721. The van der Waals surface area contributed by atoms with Gasteiger partial charge in [-0.2, -0.15) is 0 Å². The maximum atomic E-state index is 8.97. The molecule has 0 atom stereocenters. The molecule has 0 fully saturated rings. The summed E-state index contributed by atoms with van der Waals surface area (Å²) < 4.78 is 3.65. The highest BCUT2D eigenvalue weighted by Gasteiger charge is 2.01. The quantitative estimate of drug-likeness (QED) is 0.286. The molecule has 1 N–H and O–H groups in total. The lowest BCUT2D eigenvalue weighted by Crippen LogP contribution is -2.26. The lowest BCUT2D eigenvalue weighted by Gasteiger charge is -2.02. The Morgan fingerprint density at radius 3 is 2.90 bits per heavy atom. The number of hydrogen-bond donors (Lipinski definition) is 1. The number of azo groups is 1. The highest BCUT2D eigenvalue weighted by Crippen LogP contribution is 2.01. The van der Waals surface area contributed by atoms with E-state index in [1.165, 1.54) is 6.34 Å². The zero-order valence-electron chi connectivity index (χ0n) is 11.7. The maximum absolute atomic E-state index is 8.97. The summed E-state index contributed by atoms with van der Waals surface area (Å²) in [6.45, 7) is 0.516. The van der Waals surface area contributed by atoms with Gasteiger partial charge in [0, 0.05) is 18.8 Å². The van der Waals surface area contributed by atoms with E-state index in [9.17, 15) is 0 Å². The highest BCUT2D eigenvalue weighted by molar-refractivity contribution is 5.54. The van der Waals surface area contributed by atoms with E-state index in [2.05, 4.69) is 20.4 Å². The second-order valence-corrected chi connectivity index (χ2v) is 4.19. The van der Waals surface area contributed by atoms with Gasteiger partial charge in [0.1, 0.15) is 0 Å². The van der Waals surface area contributed by atoms with Crippen LogP contribution in [0.5, 0.6) is 0 Å². The molecule has 0 aliphatic carbocycles. The highest BCUT2D eigenvalue weighted by atomic mass is 16.3. The zero-order valence-corrected chi connectivity index (χ0v) is 11.7. The van der Waals surface area contributed by atoms with E-state index < -0.39 is 0 Å². The van der Waals surface area contributed by atoms with Gasteiger partial charge in [0.05, 0.1) is 25.0 Å². The molecule has 2 aromatic heterocycles. The van der Waals surface area contributed by atoms with Crippen LogP contribution in [0.1, 0.15) is 0 Å². The first-order valence-corrected chi connectivity index (χ1v) is 6.48. The van der Waals surface area contributed by atoms with Crippen molar-refractivity contribution in [1.82, 2.24) is 4.57 Å². The van der Waals surface area contributed by atoms with Gasteiger partial charge in [-0.25, -0.2) is 4.57 Å². The molecule has 0 bridgehead atoms. The fraction of sp³-hybridized carbons (Fsp3) is 0.214. The van der Waals surface area contributed by atoms with Crippen LogP contribution < -0.4 is 10.1 Å². The van der Waals surface area contributed by atoms with Crippen LogP contribution in [-0.2, 0) is 13.6 Å². The van der Waals surface area contributed by atoms with Gasteiger partial charge in [-0.05, 0) is 23.3 Å². The van der Waals surface area contributed by atoms with Crippen LogP contribution in [0.15, 0.2) is 69.2 Å². The number of aliphatic hydroxyl groups is 1. The van der Waals surface area contributed by atoms with Crippen molar-refractivity contribution in [2.75, 3.05) is 6.61 Å². The zero-order chi connectivity index (χ0) is 14.9. The van der Waals surface area contributed by atoms with Crippen LogP contribution in [0.25, 0.3) is 0 Å². The predicted molar refractivity (Wildman–Crippen MR) is 77.7 cm³/mol. The first-order valence-electron chi connectivity index (χ1n) is 6.48. The number of nitrogens with zero attached hydrogens (tertiary/aromatic N) is 6. The van der Waals surface area contributed by atoms with E-state index in [0.29, 0.717) is 12.0 Å². The fourth-order valence-electron chi connectivity index (χ4n) is 1.67. The minimum absolute atomic E-state index is 0.0468. The molecular weight excluding hydrogens is 268 g/mol. The van der Waals surface area contributed by atoms with E-state index in [0.717, 1.165) is 5.82 Å². The molecular formula is C14H17N6O+. The average Bonchev–Trinajstić information content (AvgIpc) is 2.50. The number of rotatable bonds is 5. The molecule has 0 saturated heterocycles. The Kier molecular flexibility index (Phi) is 5.48. The molecule has 0 aromatic carbocycles. The van der Waals surface area contributed by atoms with E-state index in [-0.39, 0.29) is 6.61 Å². The largest absolute Gasteiger partial charge is 0.395 e. The van der Waals surface area contributed by atoms with Gasteiger partial charge < -0.3 is 9.67 Å². The molecule has 21 heavy (non-hydrogen) atoms. The molecule has 0 spiro atoms. The summed E-state index contributed by atoms with van der Waals surface area (Å²) in [4.78, 5) is 0. The second-order valence-electron chi connectivity index (χ2n) is 4.19. The summed E-state index contributed by atoms with van der Waals surface area (Å²) in [5.41, 5.74) is 0.642. The average molecular weight is 285 g/mol. The minimum atomic E-state index is 0.0468. The minimum Gasteiger partial charge on any atom is -0.395 e. The first kappa shape index (κ1) is 14.7. The van der Waals surface area contributed by atoms with Gasteiger partial charge in [0.15, 0.2) is 11.8 Å². The van der Waals surface area contributed by atoms with E-state index in [1.807, 2.05) is 54.3 Å². The Morgan fingerprint density at radius 2 is 2.10 bits per heavy atom. The summed E-state index contributed by atoms with van der Waals surface area (Å²) in [5, 5.41) is 24.7. The number of aliphatic hydroxyl groups excluding tert-OH is 1. The number of aryl methyl sites for hydroxylation is 1. The summed E-state index contributed by atoms with van der Waals surface area (Å²) in [6.07, 6.45) is 5.00. The molecule has 2 heterocycles. The van der Waals surface area contributed by atoms with Crippen molar-refractivity contribution in [3.63, 3.8) is 0 Å². The van der Waals surface area contributed by atoms with Gasteiger partial charge in [-0.1, -0.05) is 12.1 Å². The van der Waals surface area contributed by atoms with E-state index in [4.69, 9.17) is 5.11 Å². The Hall–Kier alpha value is -2.67. The van der Waals surface area contributed by atoms with Crippen LogP contribution in [-0.4, -0.2) is 22.6 Å². The van der Waals surface area contributed by atoms with Crippen LogP contribution in [0.4, 0.5) is 5.82 Å². The van der Waals surface area contributed by atoms with Crippen LogP contribution >= 0.6 is 0 Å². The molecule has 2 rings (SSSR count). The molecule has 0 aliphatic rings. The van der Waals surface area contributed by atoms with E-state index in [1.54, 1.807) is 10.6 Å². The SMILES string of the molecule is C[n+]1ccccc1/N=N/C=N/N=c1\ccccn1CCO. The molecule has 108 valence electrons. The topological polar surface area (TPSA) is 78.5 Å². The fourth-order valence-corrected chi connectivity index (χ4v) is 1.67. The number of aromatic nitrogens is 2. The maximum Gasteiger partial charge on any atom is 0.350 e. The van der Waals surface area contributed by atoms with Crippen molar-refractivity contribution in [3.05, 3.63) is 54.3 Å². The molecule has 0 amide bonds. The number of pyridine rings is 2. The standard InChI is InChI=1S/C14H17N6O/c1-19-8-4-2-6-13(19)17-15-12-16-18-14-7-3-5-9-20(14)10-11-21/h2-9,12,21H,10-11H2,1H3/q+1. The Morgan fingerprint density at radius 1 is 1.24 bits per heavy atom. The van der Waals surface area contributed by atoms with Crippen LogP contribution in [0.3, 0.4) is 0 Å². The number of hydrogen-bond acceptors (Lipinski definition) is 4. The third-order valence-electron chi connectivity index (χ3n) is 2.71. The predicted octanol–water partition coefficient (Wildman–Crippen LogP) is 0.933. The van der Waals surface area contributed by atoms with Gasteiger partial charge in [0.25, 0.3) is 0 Å². The lowest BCUT2D eigenvalue weighted by molar-refractivity contribution is -0.658. The summed E-state index contributed by atoms with van der Waals surface area (Å²) in [6, 6.07) is 11.2. The molecule has 0 saturated carbocycles. The smallest absolute Gasteiger partial charge is 0.350 e. The third kappa shape index (κ3) is 4.43. The van der Waals surface area contributed by atoms with E-state index >= 15 is 0 Å². The van der Waals surface area contributed by atoms with Gasteiger partial charge in [0.2, 0.25) is 0 Å². The van der Waals surface area contributed by atoms with Crippen molar-refractivity contribution >= 4 is 12.2 Å². The van der Waals surface area contributed by atoms with Gasteiger partial charge >= 0.3 is 5.82 Å². The first-order chi connectivity index (χ1) is 10.3. The molecule has 0 aliphatic heterocycles. The normalized spacial score (nSPS) is 12.6. The molecule has 2 aromatic rings. The third-order valence-corrected chi connectivity index (χ3v) is 2.71. The second kappa shape index (κ2) is 7.81. The van der Waals surface area contributed by atoms with Crippen LogP contribution in [0, 0.1) is 0 Å². The van der Waals surface area contributed by atoms with Crippen molar-refractivity contribution in [2.45, 2.75) is 6.54 Å². The molecule has 7 heteroatoms. The van der Waals surface area contributed by atoms with Gasteiger partial charge in [-0.15, -0.1) is 10.2 Å². The van der Waals surface area contributed by atoms with Crippen molar-refractivity contribution in [1.29, 1.82) is 0 Å². The summed E-state index contributed by atoms with van der Waals surface area (Å²) in [7, 11) is 1.89. The van der Waals surface area contributed by atoms with Crippen molar-refractivity contribution < 1.29 is 9.67 Å². The Balaban J connectivity index is 2.09. The molecule has 7 nitrogen and oxygen atoms in total. The Labute approximate surface area is 122 Å². The monoisotopic (exact) mass is 285 g/mol. The van der Waals surface area contributed by atoms with Crippen molar-refractivity contribution in [3.8, 4) is 0 Å². The molecule has 0 unspecified atom stereocenters. The Bertz CT molecular complexity index is 704.